The number of nitrogens with zero attached hydrogens (tertiary/aromatic N) is 1. The number of ether oxygens (including phenoxy) is 1. The molecule has 0 bridgehead atoms. The van der Waals surface area contributed by atoms with E-state index in [1.807, 2.05) is 0 Å². The Morgan fingerprint density at radius 1 is 1.65 bits per heavy atom. The van der Waals surface area contributed by atoms with Crippen LogP contribution in [0.3, 0.4) is 0 Å². The molecule has 1 unspecified atom stereocenters. The molecule has 0 spiro atoms. The van der Waals surface area contributed by atoms with Gasteiger partial charge in [-0.15, -0.1) is 11.3 Å². The number of hydrogen-bond donors (Lipinski definition) is 1. The summed E-state index contributed by atoms with van der Waals surface area (Å²) in [6.07, 6.45) is 1.55. The third kappa shape index (κ3) is 2.18. The maximum Gasteiger partial charge on any atom is 0.350 e. The molecule has 0 saturated carbocycles. The van der Waals surface area contributed by atoms with Gasteiger partial charge in [0.25, 0.3) is 0 Å². The minimum atomic E-state index is -0.464. The van der Waals surface area contributed by atoms with Crippen LogP contribution in [-0.4, -0.2) is 31.6 Å². The summed E-state index contributed by atoms with van der Waals surface area (Å²) in [5.74, 6) is -0.540. The monoisotopic (exact) mass is 254 g/mol. The molecule has 1 aliphatic heterocycles. The second-order valence-corrected chi connectivity index (χ2v) is 4.78. The largest absolute Gasteiger partial charge is 0.465 e. The van der Waals surface area contributed by atoms with Gasteiger partial charge in [-0.1, -0.05) is 0 Å². The lowest BCUT2D eigenvalue weighted by atomic mass is 10.1. The minimum Gasteiger partial charge on any atom is -0.465 e. The van der Waals surface area contributed by atoms with E-state index in [1.165, 1.54) is 18.4 Å². The Labute approximate surface area is 103 Å². The first-order chi connectivity index (χ1) is 8.15. The summed E-state index contributed by atoms with van der Waals surface area (Å²) in [4.78, 5) is 25.5. The molecule has 2 heterocycles. The second kappa shape index (κ2) is 4.85. The standard InChI is InChI=1S/C11H14N2O3S/c1-16-11(15)9-8(4-6-17-9)13-5-2-3-7(12)10(13)14/h4,6-7H,2-3,5,12H2,1H3. The van der Waals surface area contributed by atoms with Gasteiger partial charge in [0.2, 0.25) is 5.91 Å². The number of carbonyl (C=O) groups excluding carboxylic acids is 2. The Morgan fingerprint density at radius 2 is 2.41 bits per heavy atom. The van der Waals surface area contributed by atoms with Gasteiger partial charge in [-0.3, -0.25) is 4.79 Å². The average molecular weight is 254 g/mol. The van der Waals surface area contributed by atoms with Crippen molar-refractivity contribution in [2.24, 2.45) is 5.73 Å². The molecular formula is C11H14N2O3S. The molecular weight excluding hydrogens is 240 g/mol. The lowest BCUT2D eigenvalue weighted by Gasteiger charge is -2.30. The van der Waals surface area contributed by atoms with Crippen molar-refractivity contribution in [2.45, 2.75) is 18.9 Å². The van der Waals surface area contributed by atoms with Crippen LogP contribution in [0.1, 0.15) is 22.5 Å². The highest BCUT2D eigenvalue weighted by Crippen LogP contribution is 2.29. The number of amides is 1. The van der Waals surface area contributed by atoms with E-state index < -0.39 is 12.0 Å². The van der Waals surface area contributed by atoms with E-state index in [1.54, 1.807) is 16.3 Å². The molecule has 17 heavy (non-hydrogen) atoms. The predicted octanol–water partition coefficient (Wildman–Crippen LogP) is 0.989. The summed E-state index contributed by atoms with van der Waals surface area (Å²) in [6.45, 7) is 0.604. The molecule has 0 aliphatic carbocycles. The van der Waals surface area contributed by atoms with Crippen molar-refractivity contribution in [2.75, 3.05) is 18.6 Å². The minimum absolute atomic E-state index is 0.125. The molecule has 6 heteroatoms. The summed E-state index contributed by atoms with van der Waals surface area (Å²) in [5.41, 5.74) is 6.34. The molecule has 1 fully saturated rings. The highest BCUT2D eigenvalue weighted by Gasteiger charge is 2.30. The maximum atomic E-state index is 11.9. The van der Waals surface area contributed by atoms with Crippen LogP contribution in [0.4, 0.5) is 5.69 Å². The first-order valence-electron chi connectivity index (χ1n) is 5.38. The first-order valence-corrected chi connectivity index (χ1v) is 6.26. The summed E-state index contributed by atoms with van der Waals surface area (Å²) in [7, 11) is 1.33. The van der Waals surface area contributed by atoms with Crippen molar-refractivity contribution in [1.29, 1.82) is 0 Å². The molecule has 5 nitrogen and oxygen atoms in total. The number of anilines is 1. The molecule has 1 aromatic rings. The fraction of sp³-hybridized carbons (Fsp3) is 0.455. The molecule has 1 amide bonds. The third-order valence-electron chi connectivity index (χ3n) is 2.79. The number of piperidine rings is 1. The van der Waals surface area contributed by atoms with Crippen LogP contribution in [0.25, 0.3) is 0 Å². The van der Waals surface area contributed by atoms with E-state index in [9.17, 15) is 9.59 Å². The van der Waals surface area contributed by atoms with Crippen molar-refractivity contribution in [3.63, 3.8) is 0 Å². The Bertz CT molecular complexity index is 444. The van der Waals surface area contributed by atoms with Gasteiger partial charge in [-0.25, -0.2) is 4.79 Å². The number of rotatable bonds is 2. The van der Waals surface area contributed by atoms with Gasteiger partial charge in [0.15, 0.2) is 0 Å². The van der Waals surface area contributed by atoms with Crippen LogP contribution in [0.5, 0.6) is 0 Å². The molecule has 1 aliphatic rings. The zero-order chi connectivity index (χ0) is 12.4. The first kappa shape index (κ1) is 12.1. The molecule has 0 radical (unpaired) electrons. The predicted molar refractivity (Wildman–Crippen MR) is 65.2 cm³/mol. The van der Waals surface area contributed by atoms with Crippen molar-refractivity contribution in [3.8, 4) is 0 Å². The quantitative estimate of drug-likeness (QED) is 0.799. The SMILES string of the molecule is COC(=O)c1sccc1N1CCCC(N)C1=O. The molecule has 92 valence electrons. The molecule has 2 N–H and O–H groups in total. The maximum absolute atomic E-state index is 11.9. The fourth-order valence-corrected chi connectivity index (χ4v) is 2.71. The summed E-state index contributed by atoms with van der Waals surface area (Å²) in [6, 6.07) is 1.29. The summed E-state index contributed by atoms with van der Waals surface area (Å²) in [5, 5.41) is 1.77. The summed E-state index contributed by atoms with van der Waals surface area (Å²) < 4.78 is 4.69. The fourth-order valence-electron chi connectivity index (χ4n) is 1.90. The Kier molecular flexibility index (Phi) is 3.44. The van der Waals surface area contributed by atoms with Crippen molar-refractivity contribution in [1.82, 2.24) is 0 Å². The Balaban J connectivity index is 2.30. The van der Waals surface area contributed by atoms with Gasteiger partial charge in [0, 0.05) is 6.54 Å². The van der Waals surface area contributed by atoms with Gasteiger partial charge >= 0.3 is 5.97 Å². The number of carbonyl (C=O) groups is 2. The number of esters is 1. The van der Waals surface area contributed by atoms with Crippen molar-refractivity contribution >= 4 is 28.9 Å². The average Bonchev–Trinajstić information content (AvgIpc) is 2.80. The lowest BCUT2D eigenvalue weighted by Crippen LogP contribution is -2.48. The zero-order valence-corrected chi connectivity index (χ0v) is 10.3. The molecule has 1 atom stereocenters. The van der Waals surface area contributed by atoms with Crippen LogP contribution in [-0.2, 0) is 9.53 Å². The smallest absolute Gasteiger partial charge is 0.350 e. The van der Waals surface area contributed by atoms with Crippen LogP contribution in [0.2, 0.25) is 0 Å². The highest BCUT2D eigenvalue weighted by molar-refractivity contribution is 7.12. The highest BCUT2D eigenvalue weighted by atomic mass is 32.1. The number of hydrogen-bond acceptors (Lipinski definition) is 5. The third-order valence-corrected chi connectivity index (χ3v) is 3.67. The van der Waals surface area contributed by atoms with E-state index in [2.05, 4.69) is 0 Å². The van der Waals surface area contributed by atoms with Gasteiger partial charge in [0.05, 0.1) is 18.8 Å². The zero-order valence-electron chi connectivity index (χ0n) is 9.51. The Hall–Kier alpha value is -1.40. The lowest BCUT2D eigenvalue weighted by molar-refractivity contribution is -0.120. The molecule has 1 aromatic heterocycles. The van der Waals surface area contributed by atoms with E-state index in [-0.39, 0.29) is 5.91 Å². The van der Waals surface area contributed by atoms with Gasteiger partial charge in [-0.05, 0) is 24.3 Å². The van der Waals surface area contributed by atoms with Crippen LogP contribution < -0.4 is 10.6 Å². The van der Waals surface area contributed by atoms with E-state index in [4.69, 9.17) is 10.5 Å². The van der Waals surface area contributed by atoms with Crippen molar-refractivity contribution < 1.29 is 14.3 Å². The Morgan fingerprint density at radius 3 is 3.12 bits per heavy atom. The van der Waals surface area contributed by atoms with E-state index >= 15 is 0 Å². The second-order valence-electron chi connectivity index (χ2n) is 3.87. The molecule has 2 rings (SSSR count). The van der Waals surface area contributed by atoms with E-state index in [0.29, 0.717) is 23.5 Å². The van der Waals surface area contributed by atoms with Crippen LogP contribution in [0.15, 0.2) is 11.4 Å². The number of thiophene rings is 1. The van der Waals surface area contributed by atoms with Gasteiger partial charge in [0.1, 0.15) is 4.88 Å². The number of methoxy groups -OCH3 is 1. The molecule has 1 saturated heterocycles. The topological polar surface area (TPSA) is 72.6 Å². The molecule has 0 aromatic carbocycles. The van der Waals surface area contributed by atoms with E-state index in [0.717, 1.165) is 6.42 Å². The van der Waals surface area contributed by atoms with Crippen LogP contribution in [0, 0.1) is 0 Å². The summed E-state index contributed by atoms with van der Waals surface area (Å²) >= 11 is 1.27. The number of nitrogens with two attached hydrogens (primary N) is 1. The van der Waals surface area contributed by atoms with Crippen molar-refractivity contribution in [3.05, 3.63) is 16.3 Å². The van der Waals surface area contributed by atoms with Gasteiger partial charge in [-0.2, -0.15) is 0 Å². The van der Waals surface area contributed by atoms with Crippen LogP contribution >= 0.6 is 11.3 Å². The van der Waals surface area contributed by atoms with Gasteiger partial charge < -0.3 is 15.4 Å². The normalized spacial score (nSPS) is 20.5.